The topological polar surface area (TPSA) is 189 Å². The highest BCUT2D eigenvalue weighted by Crippen LogP contribution is 2.32. The predicted octanol–water partition coefficient (Wildman–Crippen LogP) is 4.69. The lowest BCUT2D eigenvalue weighted by Gasteiger charge is -2.15. The summed E-state index contributed by atoms with van der Waals surface area (Å²) in [4.78, 5) is 48.6. The van der Waals surface area contributed by atoms with Crippen LogP contribution >= 0.6 is 0 Å². The minimum absolute atomic E-state index is 0.0598. The molecule has 2 aliphatic rings. The fraction of sp³-hybridized carbons (Fsp3) is 0.282. The van der Waals surface area contributed by atoms with Crippen LogP contribution in [0.4, 0.5) is 38.5 Å². The van der Waals surface area contributed by atoms with Crippen LogP contribution in [-0.4, -0.2) is 77.1 Å². The fourth-order valence-corrected chi connectivity index (χ4v) is 6.37. The van der Waals surface area contributed by atoms with Crippen molar-refractivity contribution >= 4 is 45.4 Å². The molecular weight excluding hydrogens is 789 g/mol. The Bertz CT molecular complexity index is 2330. The summed E-state index contributed by atoms with van der Waals surface area (Å²) in [5.74, 6) is -2.92. The largest absolute Gasteiger partial charge is 0.442 e. The maximum absolute atomic E-state index is 14.8. The lowest BCUT2D eigenvalue weighted by molar-refractivity contribution is -0.120. The van der Waals surface area contributed by atoms with Crippen LogP contribution in [0.5, 0.6) is 0 Å². The van der Waals surface area contributed by atoms with Gasteiger partial charge in [0.15, 0.2) is 0 Å². The molecule has 0 unspecified atom stereocenters. The van der Waals surface area contributed by atoms with Crippen LogP contribution in [0.3, 0.4) is 0 Å². The predicted molar refractivity (Wildman–Crippen MR) is 206 cm³/mol. The van der Waals surface area contributed by atoms with Crippen LogP contribution in [0.25, 0.3) is 22.3 Å². The average Bonchev–Trinajstić information content (AvgIpc) is 3.73. The summed E-state index contributed by atoms with van der Waals surface area (Å²) in [5, 5.41) is 5.13. The lowest BCUT2D eigenvalue weighted by atomic mass is 10.0. The molecular formula is C39H40F4N6O8S. The maximum atomic E-state index is 14.8. The van der Waals surface area contributed by atoms with Crippen LogP contribution in [-0.2, 0) is 42.2 Å². The van der Waals surface area contributed by atoms with Gasteiger partial charge in [-0.05, 0) is 59.7 Å². The summed E-state index contributed by atoms with van der Waals surface area (Å²) >= 11 is 0. The molecule has 308 valence electrons. The SMILES string of the molecule is CC(=O)NC[C@H]1CN(c2ccc(-c3ccc(CN)c(F)c3)c(F)c2)C(=O)O1.CC(=O)NC[C@H]1CN(c2ccc(-c3ccc(CNS(C)(=O)=O)c(F)c3)c(F)c2)C(=O)O1. The molecule has 19 heteroatoms. The van der Waals surface area contributed by atoms with Gasteiger partial charge in [-0.1, -0.05) is 24.3 Å². The van der Waals surface area contributed by atoms with Gasteiger partial charge >= 0.3 is 12.2 Å². The normalized spacial score (nSPS) is 16.3. The standard InChI is InChI=1S/C20H21F2N3O5S.C19H19F2N3O3/c1-12(26)23-10-16-11-25(20(27)30-16)15-5-6-17(19(22)8-15)13-3-4-14(18(21)7-13)9-24-31(2,28)29;1-11(25)23-9-15-10-24(19(26)27-15)14-4-5-16(18(21)7-14)12-2-3-13(8-22)17(20)6-12/h3-8,16,24H,9-11H2,1-2H3,(H,23,26);2-7,15H,8-10,22H2,1H3,(H,23,25)/t16-;15-/m00/s1. The van der Waals surface area contributed by atoms with Crippen LogP contribution in [0.2, 0.25) is 0 Å². The van der Waals surface area contributed by atoms with Gasteiger partial charge in [0.25, 0.3) is 0 Å². The number of hydrogen-bond donors (Lipinski definition) is 4. The highest BCUT2D eigenvalue weighted by molar-refractivity contribution is 7.88. The van der Waals surface area contributed by atoms with E-state index in [0.717, 1.165) is 18.4 Å². The molecule has 2 fully saturated rings. The number of ether oxygens (including phenoxy) is 2. The molecule has 4 aromatic carbocycles. The molecule has 4 aromatic rings. The molecule has 0 bridgehead atoms. The molecule has 4 amide bonds. The number of hydrogen-bond acceptors (Lipinski definition) is 9. The molecule has 0 spiro atoms. The average molecular weight is 829 g/mol. The Hall–Kier alpha value is -6.05. The number of cyclic esters (lactones) is 2. The van der Waals surface area contributed by atoms with E-state index in [0.29, 0.717) is 16.8 Å². The van der Waals surface area contributed by atoms with Crippen LogP contribution < -0.4 is 30.9 Å². The van der Waals surface area contributed by atoms with Gasteiger partial charge in [-0.15, -0.1) is 0 Å². The molecule has 5 N–H and O–H groups in total. The van der Waals surface area contributed by atoms with E-state index in [1.54, 1.807) is 12.1 Å². The van der Waals surface area contributed by atoms with E-state index >= 15 is 0 Å². The van der Waals surface area contributed by atoms with Crippen molar-refractivity contribution in [2.45, 2.75) is 39.1 Å². The van der Waals surface area contributed by atoms with E-state index in [1.807, 2.05) is 0 Å². The number of anilines is 2. The molecule has 14 nitrogen and oxygen atoms in total. The van der Waals surface area contributed by atoms with Gasteiger partial charge in [-0.2, -0.15) is 0 Å². The Labute approximate surface area is 331 Å². The lowest BCUT2D eigenvalue weighted by Crippen LogP contribution is -2.33. The molecule has 6 rings (SSSR count). The molecule has 2 heterocycles. The van der Waals surface area contributed by atoms with E-state index in [9.17, 15) is 45.2 Å². The summed E-state index contributed by atoms with van der Waals surface area (Å²) in [6, 6.07) is 16.6. The van der Waals surface area contributed by atoms with Gasteiger partial charge in [0.1, 0.15) is 35.5 Å². The van der Waals surface area contributed by atoms with Crippen LogP contribution in [0.1, 0.15) is 25.0 Å². The van der Waals surface area contributed by atoms with Gasteiger partial charge < -0.3 is 25.8 Å². The number of benzene rings is 4. The number of carbonyl (C=O) groups is 4. The van der Waals surface area contributed by atoms with Crippen molar-refractivity contribution in [3.05, 3.63) is 107 Å². The third kappa shape index (κ3) is 11.1. The number of nitrogens with one attached hydrogen (secondary N) is 3. The smallest absolute Gasteiger partial charge is 0.414 e. The number of sulfonamides is 1. The first-order valence-corrected chi connectivity index (χ1v) is 19.6. The Kier molecular flexibility index (Phi) is 13.7. The number of halogens is 4. The van der Waals surface area contributed by atoms with Gasteiger partial charge in [0.2, 0.25) is 21.8 Å². The molecule has 2 aliphatic heterocycles. The molecule has 2 atom stereocenters. The highest BCUT2D eigenvalue weighted by atomic mass is 32.2. The number of nitrogens with two attached hydrogens (primary N) is 1. The quantitative estimate of drug-likeness (QED) is 0.147. The number of carbonyl (C=O) groups excluding carboxylic acids is 4. The van der Waals surface area contributed by atoms with Crippen LogP contribution in [0, 0.1) is 23.3 Å². The highest BCUT2D eigenvalue weighted by Gasteiger charge is 2.34. The van der Waals surface area contributed by atoms with Gasteiger partial charge in [0.05, 0.1) is 43.8 Å². The molecule has 2 saturated heterocycles. The van der Waals surface area contributed by atoms with Gasteiger partial charge in [0, 0.05) is 49.2 Å². The number of nitrogens with zero attached hydrogens (tertiary/aromatic N) is 2. The third-order valence-electron chi connectivity index (χ3n) is 8.91. The zero-order valence-electron chi connectivity index (χ0n) is 31.5. The Morgan fingerprint density at radius 2 is 1.12 bits per heavy atom. The zero-order chi connectivity index (χ0) is 42.3. The summed E-state index contributed by atoms with van der Waals surface area (Å²) in [5.41, 5.74) is 7.47. The Balaban J connectivity index is 0.000000223. The van der Waals surface area contributed by atoms with Gasteiger partial charge in [-0.25, -0.2) is 40.3 Å². The van der Waals surface area contributed by atoms with E-state index < -0.39 is 57.7 Å². The zero-order valence-corrected chi connectivity index (χ0v) is 32.3. The minimum Gasteiger partial charge on any atom is -0.442 e. The van der Waals surface area contributed by atoms with Crippen molar-refractivity contribution in [2.24, 2.45) is 5.73 Å². The Morgan fingerprint density at radius 1 is 0.690 bits per heavy atom. The van der Waals surface area contributed by atoms with E-state index in [2.05, 4.69) is 15.4 Å². The maximum Gasteiger partial charge on any atom is 0.414 e. The molecule has 58 heavy (non-hydrogen) atoms. The van der Waals surface area contributed by atoms with Crippen molar-refractivity contribution in [3.8, 4) is 22.3 Å². The molecule has 0 radical (unpaired) electrons. The second kappa shape index (κ2) is 18.5. The van der Waals surface area contributed by atoms with E-state index in [4.69, 9.17) is 15.2 Å². The van der Waals surface area contributed by atoms with Crippen molar-refractivity contribution in [1.29, 1.82) is 0 Å². The second-order valence-electron chi connectivity index (χ2n) is 13.3. The van der Waals surface area contributed by atoms with E-state index in [1.165, 1.54) is 72.2 Å². The molecule has 0 aliphatic carbocycles. The first kappa shape index (κ1) is 43.1. The van der Waals surface area contributed by atoms with Crippen molar-refractivity contribution in [2.75, 3.05) is 42.2 Å². The summed E-state index contributed by atoms with van der Waals surface area (Å²) in [6.07, 6.45) is -1.37. The molecule has 0 saturated carbocycles. The second-order valence-corrected chi connectivity index (χ2v) is 15.2. The summed E-state index contributed by atoms with van der Waals surface area (Å²) < 4.78 is 92.4. The number of amides is 4. The summed E-state index contributed by atoms with van der Waals surface area (Å²) in [7, 11) is -3.48. The molecule has 0 aromatic heterocycles. The van der Waals surface area contributed by atoms with E-state index in [-0.39, 0.29) is 79.0 Å². The Morgan fingerprint density at radius 3 is 1.48 bits per heavy atom. The van der Waals surface area contributed by atoms with Crippen molar-refractivity contribution in [1.82, 2.24) is 15.4 Å². The minimum atomic E-state index is -3.48. The first-order chi connectivity index (χ1) is 27.4. The fourth-order valence-electron chi connectivity index (χ4n) is 5.95. The first-order valence-electron chi connectivity index (χ1n) is 17.7. The van der Waals surface area contributed by atoms with Gasteiger partial charge in [-0.3, -0.25) is 19.4 Å². The monoisotopic (exact) mass is 828 g/mol. The van der Waals surface area contributed by atoms with Crippen LogP contribution in [0.15, 0.2) is 72.8 Å². The van der Waals surface area contributed by atoms with Crippen molar-refractivity contribution < 1.29 is 54.6 Å². The number of rotatable bonds is 12. The summed E-state index contributed by atoms with van der Waals surface area (Å²) in [6.45, 7) is 3.23. The third-order valence-corrected chi connectivity index (χ3v) is 9.58. The van der Waals surface area contributed by atoms with Crippen molar-refractivity contribution in [3.63, 3.8) is 0 Å².